The van der Waals surface area contributed by atoms with Gasteiger partial charge in [-0.1, -0.05) is 31.4 Å². The minimum atomic E-state index is -0.407. The standard InChI is InChI=1S/C21H28FN3O3/c1-2-28-20(26)18-12-23-21(27)24-19(18)14-25(17-6-4-3-5-7-17)13-15-8-10-16(22)11-9-15/h8-11,17H,2-7,12-14H2,1H3,(H2,23,24,27). The Labute approximate surface area is 165 Å². The summed E-state index contributed by atoms with van der Waals surface area (Å²) < 4.78 is 18.4. The van der Waals surface area contributed by atoms with Crippen molar-refractivity contribution >= 4 is 12.0 Å². The molecule has 28 heavy (non-hydrogen) atoms. The van der Waals surface area contributed by atoms with Crippen LogP contribution in [0, 0.1) is 5.82 Å². The number of carbonyl (C=O) groups is 2. The quantitative estimate of drug-likeness (QED) is 0.703. The Kier molecular flexibility index (Phi) is 7.03. The van der Waals surface area contributed by atoms with E-state index in [-0.39, 0.29) is 25.0 Å². The molecule has 0 bridgehead atoms. The molecular weight excluding hydrogens is 361 g/mol. The molecule has 2 amide bonds. The van der Waals surface area contributed by atoms with Crippen LogP contribution in [0.5, 0.6) is 0 Å². The molecule has 1 saturated carbocycles. The van der Waals surface area contributed by atoms with E-state index in [0.717, 1.165) is 18.4 Å². The Balaban J connectivity index is 1.84. The first kappa shape index (κ1) is 20.3. The van der Waals surface area contributed by atoms with Gasteiger partial charge in [0.15, 0.2) is 0 Å². The lowest BCUT2D eigenvalue weighted by atomic mass is 9.93. The molecule has 2 N–H and O–H groups in total. The largest absolute Gasteiger partial charge is 0.463 e. The van der Waals surface area contributed by atoms with Crippen LogP contribution in [-0.4, -0.2) is 42.6 Å². The Hall–Kier alpha value is -2.41. The Morgan fingerprint density at radius 1 is 1.18 bits per heavy atom. The highest BCUT2D eigenvalue weighted by Gasteiger charge is 2.28. The van der Waals surface area contributed by atoms with Crippen molar-refractivity contribution in [1.82, 2.24) is 15.5 Å². The van der Waals surface area contributed by atoms with Gasteiger partial charge in [-0.05, 0) is 37.5 Å². The maximum atomic E-state index is 13.3. The zero-order valence-electron chi connectivity index (χ0n) is 16.3. The fraction of sp³-hybridized carbons (Fsp3) is 0.524. The van der Waals surface area contributed by atoms with Crippen LogP contribution >= 0.6 is 0 Å². The van der Waals surface area contributed by atoms with Crippen LogP contribution in [0.1, 0.15) is 44.6 Å². The number of carbonyl (C=O) groups excluding carboxylic acids is 2. The van der Waals surface area contributed by atoms with Crippen molar-refractivity contribution in [3.05, 3.63) is 46.9 Å². The molecule has 1 fully saturated rings. The van der Waals surface area contributed by atoms with E-state index in [1.54, 1.807) is 19.1 Å². The average molecular weight is 389 g/mol. The van der Waals surface area contributed by atoms with Gasteiger partial charge in [-0.2, -0.15) is 0 Å². The monoisotopic (exact) mass is 389 g/mol. The molecule has 0 spiro atoms. The van der Waals surface area contributed by atoms with Crippen molar-refractivity contribution in [3.8, 4) is 0 Å². The van der Waals surface area contributed by atoms with E-state index >= 15 is 0 Å². The zero-order valence-corrected chi connectivity index (χ0v) is 16.3. The van der Waals surface area contributed by atoms with E-state index < -0.39 is 5.97 Å². The molecule has 6 nitrogen and oxygen atoms in total. The summed E-state index contributed by atoms with van der Waals surface area (Å²) in [4.78, 5) is 26.5. The fourth-order valence-electron chi connectivity index (χ4n) is 3.87. The van der Waals surface area contributed by atoms with Crippen molar-refractivity contribution in [2.24, 2.45) is 0 Å². The average Bonchev–Trinajstić information content (AvgIpc) is 2.70. The van der Waals surface area contributed by atoms with Gasteiger partial charge in [-0.15, -0.1) is 0 Å². The minimum Gasteiger partial charge on any atom is -0.463 e. The van der Waals surface area contributed by atoms with E-state index in [2.05, 4.69) is 15.5 Å². The molecule has 1 heterocycles. The number of hydrogen-bond acceptors (Lipinski definition) is 4. The second-order valence-corrected chi connectivity index (χ2v) is 7.31. The number of ether oxygens (including phenoxy) is 1. The summed E-state index contributed by atoms with van der Waals surface area (Å²) in [5.74, 6) is -0.665. The number of esters is 1. The topological polar surface area (TPSA) is 70.7 Å². The summed E-state index contributed by atoms with van der Waals surface area (Å²) in [6.07, 6.45) is 5.73. The van der Waals surface area contributed by atoms with Crippen molar-refractivity contribution in [3.63, 3.8) is 0 Å². The number of halogens is 1. The Morgan fingerprint density at radius 3 is 2.57 bits per heavy atom. The van der Waals surface area contributed by atoms with Gasteiger partial charge in [0, 0.05) is 24.8 Å². The highest BCUT2D eigenvalue weighted by Crippen LogP contribution is 2.25. The molecule has 1 aliphatic heterocycles. The highest BCUT2D eigenvalue weighted by molar-refractivity contribution is 5.93. The van der Waals surface area contributed by atoms with E-state index in [4.69, 9.17) is 4.74 Å². The third-order valence-electron chi connectivity index (χ3n) is 5.33. The van der Waals surface area contributed by atoms with Crippen molar-refractivity contribution in [2.75, 3.05) is 19.7 Å². The predicted molar refractivity (Wildman–Crippen MR) is 104 cm³/mol. The molecule has 0 unspecified atom stereocenters. The Morgan fingerprint density at radius 2 is 1.89 bits per heavy atom. The second kappa shape index (κ2) is 9.68. The lowest BCUT2D eigenvalue weighted by Crippen LogP contribution is -2.48. The number of nitrogens with zero attached hydrogens (tertiary/aromatic N) is 1. The molecule has 152 valence electrons. The number of amides is 2. The SMILES string of the molecule is CCOC(=O)C1=C(CN(Cc2ccc(F)cc2)C2CCCCC2)NC(=O)NC1. The smallest absolute Gasteiger partial charge is 0.337 e. The predicted octanol–water partition coefficient (Wildman–Crippen LogP) is 3.09. The highest BCUT2D eigenvalue weighted by atomic mass is 19.1. The molecule has 1 aliphatic carbocycles. The maximum Gasteiger partial charge on any atom is 0.337 e. The first-order valence-corrected chi connectivity index (χ1v) is 9.99. The minimum absolute atomic E-state index is 0.162. The van der Waals surface area contributed by atoms with E-state index in [1.165, 1.54) is 31.4 Å². The van der Waals surface area contributed by atoms with Crippen LogP contribution in [0.2, 0.25) is 0 Å². The van der Waals surface area contributed by atoms with Gasteiger partial charge >= 0.3 is 12.0 Å². The van der Waals surface area contributed by atoms with E-state index in [9.17, 15) is 14.0 Å². The third-order valence-corrected chi connectivity index (χ3v) is 5.33. The molecule has 7 heteroatoms. The number of urea groups is 1. The molecule has 0 aromatic heterocycles. The lowest BCUT2D eigenvalue weighted by Gasteiger charge is -2.36. The van der Waals surface area contributed by atoms with Crippen LogP contribution in [-0.2, 0) is 16.1 Å². The molecule has 0 saturated heterocycles. The van der Waals surface area contributed by atoms with Crippen molar-refractivity contribution in [1.29, 1.82) is 0 Å². The van der Waals surface area contributed by atoms with Crippen LogP contribution in [0.4, 0.5) is 9.18 Å². The molecule has 1 aromatic carbocycles. The van der Waals surface area contributed by atoms with Gasteiger partial charge in [0.05, 0.1) is 18.7 Å². The van der Waals surface area contributed by atoms with Gasteiger partial charge in [-0.25, -0.2) is 14.0 Å². The van der Waals surface area contributed by atoms with Crippen LogP contribution in [0.15, 0.2) is 35.5 Å². The van der Waals surface area contributed by atoms with Crippen LogP contribution in [0.3, 0.4) is 0 Å². The van der Waals surface area contributed by atoms with Gasteiger partial charge in [-0.3, -0.25) is 4.90 Å². The molecule has 0 atom stereocenters. The molecule has 0 radical (unpaired) electrons. The van der Waals surface area contributed by atoms with Crippen molar-refractivity contribution in [2.45, 2.75) is 51.6 Å². The zero-order chi connectivity index (χ0) is 19.9. The molecule has 1 aromatic rings. The molecule has 2 aliphatic rings. The first-order chi connectivity index (χ1) is 13.6. The van der Waals surface area contributed by atoms with Gasteiger partial charge in [0.1, 0.15) is 5.82 Å². The summed E-state index contributed by atoms with van der Waals surface area (Å²) >= 11 is 0. The molecular formula is C21H28FN3O3. The van der Waals surface area contributed by atoms with Crippen LogP contribution < -0.4 is 10.6 Å². The number of benzene rings is 1. The normalized spacial score (nSPS) is 18.0. The number of hydrogen-bond donors (Lipinski definition) is 2. The fourth-order valence-corrected chi connectivity index (χ4v) is 3.87. The summed E-state index contributed by atoms with van der Waals surface area (Å²) in [6, 6.07) is 6.54. The van der Waals surface area contributed by atoms with Crippen molar-refractivity contribution < 1.29 is 18.7 Å². The lowest BCUT2D eigenvalue weighted by molar-refractivity contribution is -0.138. The van der Waals surface area contributed by atoms with E-state index in [0.29, 0.717) is 30.4 Å². The van der Waals surface area contributed by atoms with Gasteiger partial charge in [0.2, 0.25) is 0 Å². The summed E-state index contributed by atoms with van der Waals surface area (Å²) in [5.41, 5.74) is 2.06. The van der Waals surface area contributed by atoms with Gasteiger partial charge in [0.25, 0.3) is 0 Å². The summed E-state index contributed by atoms with van der Waals surface area (Å²) in [7, 11) is 0. The number of rotatable bonds is 7. The van der Waals surface area contributed by atoms with E-state index in [1.807, 2.05) is 0 Å². The van der Waals surface area contributed by atoms with Crippen LogP contribution in [0.25, 0.3) is 0 Å². The third kappa shape index (κ3) is 5.32. The molecule has 3 rings (SSSR count). The number of nitrogens with one attached hydrogen (secondary N) is 2. The summed E-state index contributed by atoms with van der Waals surface area (Å²) in [6.45, 7) is 3.29. The van der Waals surface area contributed by atoms with Gasteiger partial charge < -0.3 is 15.4 Å². The first-order valence-electron chi connectivity index (χ1n) is 9.99. The second-order valence-electron chi connectivity index (χ2n) is 7.31. The summed E-state index contributed by atoms with van der Waals surface area (Å²) in [5, 5.41) is 5.44. The maximum absolute atomic E-state index is 13.3. The Bertz CT molecular complexity index is 727.